The van der Waals surface area contributed by atoms with E-state index in [1.807, 2.05) is 0 Å². The Morgan fingerprint density at radius 2 is 1.97 bits per heavy atom. The summed E-state index contributed by atoms with van der Waals surface area (Å²) in [7, 11) is 0. The van der Waals surface area contributed by atoms with E-state index in [1.54, 1.807) is 19.9 Å². The number of aliphatic hydroxyl groups excluding tert-OH is 1. The number of carbonyl (C=O) groups excluding carboxylic acids is 2. The molecule has 4 aliphatic rings. The fourth-order valence-corrected chi connectivity index (χ4v) is 8.90. The van der Waals surface area contributed by atoms with Crippen molar-refractivity contribution in [3.05, 3.63) is 22.2 Å². The first-order chi connectivity index (χ1) is 15.1. The summed E-state index contributed by atoms with van der Waals surface area (Å²) in [6, 6.07) is 0. The molecule has 3 N–H and O–H groups in total. The summed E-state index contributed by atoms with van der Waals surface area (Å²) in [5.74, 6) is -3.60. The van der Waals surface area contributed by atoms with Crippen LogP contribution in [-0.2, 0) is 14.4 Å². The van der Waals surface area contributed by atoms with Crippen LogP contribution in [-0.4, -0.2) is 61.0 Å². The lowest BCUT2D eigenvalue weighted by atomic mass is 9.46. The molecule has 0 aromatic rings. The quantitative estimate of drug-likeness (QED) is 0.447. The van der Waals surface area contributed by atoms with Gasteiger partial charge in [-0.25, -0.2) is 4.39 Å². The maximum absolute atomic E-state index is 15.5. The molecule has 0 radical (unpaired) electrons. The lowest BCUT2D eigenvalue weighted by Crippen LogP contribution is -2.69. The molecule has 33 heavy (non-hydrogen) atoms. The van der Waals surface area contributed by atoms with Crippen LogP contribution in [0.3, 0.4) is 0 Å². The zero-order valence-corrected chi connectivity index (χ0v) is 21.3. The molecule has 0 aromatic heterocycles. The predicted molar refractivity (Wildman–Crippen MR) is 123 cm³/mol. The lowest BCUT2D eigenvalue weighted by molar-refractivity contribution is -0.170. The maximum Gasteiger partial charge on any atom is 0.306 e. The third-order valence-electron chi connectivity index (χ3n) is 8.87. The minimum atomic E-state index is -2.01. The van der Waals surface area contributed by atoms with Crippen LogP contribution in [0.5, 0.6) is 0 Å². The number of aliphatic hydroxyl groups is 2. The Morgan fingerprint density at radius 3 is 2.58 bits per heavy atom. The Bertz CT molecular complexity index is 1000. The zero-order valence-electron chi connectivity index (χ0n) is 18.2. The molecule has 0 heterocycles. The van der Waals surface area contributed by atoms with Gasteiger partial charge in [-0.2, -0.15) is 0 Å². The minimum absolute atomic E-state index is 0.00879. The van der Waals surface area contributed by atoms with Gasteiger partial charge in [-0.1, -0.05) is 19.9 Å². The van der Waals surface area contributed by atoms with Crippen molar-refractivity contribution in [1.82, 2.24) is 0 Å². The van der Waals surface area contributed by atoms with Crippen molar-refractivity contribution in [3.8, 4) is 0 Å². The summed E-state index contributed by atoms with van der Waals surface area (Å²) >= 11 is 17.5. The first-order valence-electron chi connectivity index (χ1n) is 10.9. The van der Waals surface area contributed by atoms with Gasteiger partial charge >= 0.3 is 5.97 Å². The number of hydrogen-bond acceptors (Lipinski definition) is 5. The standard InChI is InChI=1S/C23H26BrCl2FO6/c1-20-9-17(25)23(26)11(5-14(27)12-6-15(28)13(24)8-21(12,23)2)10(20)3-4-22(20,33)19(32)16(29)7-18(30)31/h6,8,10-11,14,16-17,29,33H,3-5,7,9H2,1-2H3,(H,30,31)/t10-,11-,14?,16?,17?,20-,21-,22-,23-/m0/s1. The molecule has 4 rings (SSSR count). The highest BCUT2D eigenvalue weighted by atomic mass is 79.9. The van der Waals surface area contributed by atoms with E-state index in [-0.39, 0.29) is 35.1 Å². The third-order valence-corrected chi connectivity index (χ3v) is 11.0. The molecule has 0 aromatic carbocycles. The Kier molecular flexibility index (Phi) is 6.02. The average molecular weight is 568 g/mol. The fraction of sp³-hybridized carbons (Fsp3) is 0.696. The Balaban J connectivity index is 1.79. The fourth-order valence-electron chi connectivity index (χ4n) is 7.14. The van der Waals surface area contributed by atoms with Gasteiger partial charge in [-0.15, -0.1) is 23.2 Å². The highest BCUT2D eigenvalue weighted by molar-refractivity contribution is 9.12. The molecule has 0 saturated heterocycles. The smallest absolute Gasteiger partial charge is 0.306 e. The van der Waals surface area contributed by atoms with Gasteiger partial charge in [-0.3, -0.25) is 14.4 Å². The van der Waals surface area contributed by atoms with Crippen LogP contribution in [0.25, 0.3) is 0 Å². The number of alkyl halides is 3. The highest BCUT2D eigenvalue weighted by Crippen LogP contribution is 2.72. The van der Waals surface area contributed by atoms with Crippen molar-refractivity contribution >= 4 is 56.7 Å². The second kappa shape index (κ2) is 7.85. The molecule has 3 fully saturated rings. The van der Waals surface area contributed by atoms with Crippen LogP contribution in [0, 0.1) is 22.7 Å². The summed E-state index contributed by atoms with van der Waals surface area (Å²) in [5, 5.41) is 29.9. The second-order valence-electron chi connectivity index (χ2n) is 10.3. The van der Waals surface area contributed by atoms with Crippen LogP contribution < -0.4 is 0 Å². The highest BCUT2D eigenvalue weighted by Gasteiger charge is 2.74. The number of aliphatic carboxylic acids is 1. The number of halogens is 4. The summed E-state index contributed by atoms with van der Waals surface area (Å²) in [6.45, 7) is 3.46. The number of allylic oxidation sites excluding steroid dienone is 4. The monoisotopic (exact) mass is 566 g/mol. The largest absolute Gasteiger partial charge is 0.481 e. The molecular weight excluding hydrogens is 542 g/mol. The van der Waals surface area contributed by atoms with E-state index in [4.69, 9.17) is 28.3 Å². The number of fused-ring (bicyclic) bond motifs is 5. The van der Waals surface area contributed by atoms with Crippen molar-refractivity contribution in [2.45, 2.75) is 74.1 Å². The molecule has 0 amide bonds. The van der Waals surface area contributed by atoms with E-state index >= 15 is 4.39 Å². The normalized spacial score (nSPS) is 47.6. The third kappa shape index (κ3) is 3.20. The Labute approximate surface area is 209 Å². The maximum atomic E-state index is 15.5. The molecular formula is C23H26BrCl2FO6. The number of hydrogen-bond donors (Lipinski definition) is 3. The first-order valence-corrected chi connectivity index (χ1v) is 12.5. The number of rotatable bonds is 4. The molecule has 3 saturated carbocycles. The number of carbonyl (C=O) groups is 3. The minimum Gasteiger partial charge on any atom is -0.481 e. The van der Waals surface area contributed by atoms with Crippen LogP contribution >= 0.6 is 39.1 Å². The van der Waals surface area contributed by atoms with Crippen LogP contribution in [0.15, 0.2) is 22.2 Å². The van der Waals surface area contributed by atoms with Crippen molar-refractivity contribution in [2.24, 2.45) is 22.7 Å². The summed E-state index contributed by atoms with van der Waals surface area (Å²) in [4.78, 5) is 35.1. The molecule has 0 bridgehead atoms. The van der Waals surface area contributed by atoms with Crippen molar-refractivity contribution < 1.29 is 34.1 Å². The summed E-state index contributed by atoms with van der Waals surface area (Å²) in [5.41, 5.74) is -3.95. The van der Waals surface area contributed by atoms with Gasteiger partial charge in [0.15, 0.2) is 11.6 Å². The topological polar surface area (TPSA) is 112 Å². The van der Waals surface area contributed by atoms with Gasteiger partial charge in [0.2, 0.25) is 0 Å². The molecule has 10 heteroatoms. The van der Waals surface area contributed by atoms with Crippen LogP contribution in [0.2, 0.25) is 0 Å². The SMILES string of the molecule is C[C@]12C=C(Br)C(=O)C=C1C(F)C[C@H]1[C@@H]3CC[C@](O)(C(=O)C(O)CC(=O)O)[C@@]3(C)CC(Cl)[C@@]12Cl. The van der Waals surface area contributed by atoms with E-state index in [2.05, 4.69) is 15.9 Å². The van der Waals surface area contributed by atoms with E-state index in [1.165, 1.54) is 6.08 Å². The van der Waals surface area contributed by atoms with Gasteiger partial charge in [0.25, 0.3) is 0 Å². The Morgan fingerprint density at radius 1 is 1.33 bits per heavy atom. The summed E-state index contributed by atoms with van der Waals surface area (Å²) in [6.07, 6.45) is -0.828. The second-order valence-corrected chi connectivity index (χ2v) is 12.3. The lowest BCUT2D eigenvalue weighted by Gasteiger charge is -2.64. The van der Waals surface area contributed by atoms with E-state index < -0.39 is 69.0 Å². The van der Waals surface area contributed by atoms with Crippen molar-refractivity contribution in [2.75, 3.05) is 0 Å². The van der Waals surface area contributed by atoms with Crippen LogP contribution in [0.4, 0.5) is 4.39 Å². The molecule has 0 spiro atoms. The van der Waals surface area contributed by atoms with Gasteiger partial charge in [0.05, 0.1) is 21.2 Å². The Hall–Kier alpha value is -0.800. The average Bonchev–Trinajstić information content (AvgIpc) is 2.97. The first kappa shape index (κ1) is 25.3. The molecule has 9 atom stereocenters. The zero-order chi connectivity index (χ0) is 24.7. The van der Waals surface area contributed by atoms with Crippen molar-refractivity contribution in [1.29, 1.82) is 0 Å². The van der Waals surface area contributed by atoms with E-state index in [0.29, 0.717) is 6.42 Å². The molecule has 3 unspecified atom stereocenters. The summed E-state index contributed by atoms with van der Waals surface area (Å²) < 4.78 is 15.8. The van der Waals surface area contributed by atoms with Gasteiger partial charge < -0.3 is 15.3 Å². The number of carboxylic acid groups (broad SMARTS) is 1. The van der Waals surface area contributed by atoms with Crippen molar-refractivity contribution in [3.63, 3.8) is 0 Å². The molecule has 182 valence electrons. The van der Waals surface area contributed by atoms with Crippen LogP contribution in [0.1, 0.15) is 46.0 Å². The van der Waals surface area contributed by atoms with Gasteiger partial charge in [0.1, 0.15) is 17.9 Å². The molecule has 0 aliphatic heterocycles. The van der Waals surface area contributed by atoms with E-state index in [0.717, 1.165) is 0 Å². The number of Topliss-reactive ketones (excluding diaryl/α,β-unsaturated/α-hetero) is 1. The predicted octanol–water partition coefficient (Wildman–Crippen LogP) is 3.68. The van der Waals surface area contributed by atoms with Gasteiger partial charge in [0, 0.05) is 10.8 Å². The number of carboxylic acids is 1. The van der Waals surface area contributed by atoms with E-state index in [9.17, 15) is 24.6 Å². The molecule has 4 aliphatic carbocycles. The molecule has 6 nitrogen and oxygen atoms in total. The number of ketones is 2. The van der Waals surface area contributed by atoms with Gasteiger partial charge in [-0.05, 0) is 65.1 Å².